The Labute approximate surface area is 162 Å². The summed E-state index contributed by atoms with van der Waals surface area (Å²) in [7, 11) is 1.57. The van der Waals surface area contributed by atoms with Gasteiger partial charge in [0.25, 0.3) is 6.01 Å². The molecule has 0 spiro atoms. The summed E-state index contributed by atoms with van der Waals surface area (Å²) in [5, 5.41) is 9.39. The molecule has 0 aliphatic rings. The Hall–Kier alpha value is -3.60. The van der Waals surface area contributed by atoms with Crippen LogP contribution in [0, 0.1) is 6.92 Å². The third-order valence-corrected chi connectivity index (χ3v) is 4.84. The van der Waals surface area contributed by atoms with Crippen molar-refractivity contribution in [3.8, 4) is 17.1 Å². The Morgan fingerprint density at radius 3 is 2.36 bits per heavy atom. The second kappa shape index (κ2) is 7.19. The summed E-state index contributed by atoms with van der Waals surface area (Å²) in [6.07, 6.45) is 0. The van der Waals surface area contributed by atoms with E-state index in [2.05, 4.69) is 41.4 Å². The van der Waals surface area contributed by atoms with E-state index in [1.165, 1.54) is 5.56 Å². The van der Waals surface area contributed by atoms with Crippen LogP contribution in [0.5, 0.6) is 6.01 Å². The SMILES string of the molecule is COc1nc2c(C)cc(C(=O)O)cc2n1Cc1ccc(-c2ccccc2)cc1. The summed E-state index contributed by atoms with van der Waals surface area (Å²) in [5.41, 5.74) is 5.96. The summed E-state index contributed by atoms with van der Waals surface area (Å²) >= 11 is 0. The van der Waals surface area contributed by atoms with Gasteiger partial charge in [0.2, 0.25) is 0 Å². The molecule has 0 unspecified atom stereocenters. The predicted molar refractivity (Wildman–Crippen MR) is 109 cm³/mol. The lowest BCUT2D eigenvalue weighted by molar-refractivity contribution is 0.0697. The molecule has 1 heterocycles. The molecule has 0 aliphatic carbocycles. The lowest BCUT2D eigenvalue weighted by atomic mass is 10.0. The Morgan fingerprint density at radius 1 is 1.04 bits per heavy atom. The molecule has 0 saturated heterocycles. The Morgan fingerprint density at radius 2 is 1.71 bits per heavy atom. The van der Waals surface area contributed by atoms with E-state index in [4.69, 9.17) is 4.74 Å². The molecule has 140 valence electrons. The van der Waals surface area contributed by atoms with Crippen LogP contribution in [0.3, 0.4) is 0 Å². The first-order valence-electron chi connectivity index (χ1n) is 8.99. The molecule has 3 aromatic carbocycles. The van der Waals surface area contributed by atoms with Crippen molar-refractivity contribution in [3.05, 3.63) is 83.4 Å². The van der Waals surface area contributed by atoms with Crippen molar-refractivity contribution in [3.63, 3.8) is 0 Å². The van der Waals surface area contributed by atoms with Crippen LogP contribution in [0.4, 0.5) is 0 Å². The minimum Gasteiger partial charge on any atom is -0.478 e. The van der Waals surface area contributed by atoms with Gasteiger partial charge in [-0.15, -0.1) is 0 Å². The molecule has 1 aromatic heterocycles. The van der Waals surface area contributed by atoms with E-state index >= 15 is 0 Å². The fourth-order valence-electron chi connectivity index (χ4n) is 3.42. The van der Waals surface area contributed by atoms with Crippen molar-refractivity contribution in [1.29, 1.82) is 0 Å². The monoisotopic (exact) mass is 372 g/mol. The van der Waals surface area contributed by atoms with E-state index in [1.54, 1.807) is 19.2 Å². The van der Waals surface area contributed by atoms with Gasteiger partial charge in [0.15, 0.2) is 0 Å². The standard InChI is InChI=1S/C23H20N2O3/c1-15-12-19(22(26)27)13-20-21(15)24-23(28-2)25(20)14-16-8-10-18(11-9-16)17-6-4-3-5-7-17/h3-13H,14H2,1-2H3,(H,26,27). The third-order valence-electron chi connectivity index (χ3n) is 4.84. The van der Waals surface area contributed by atoms with Crippen LogP contribution in [-0.4, -0.2) is 27.7 Å². The number of fused-ring (bicyclic) bond motifs is 1. The smallest absolute Gasteiger partial charge is 0.335 e. The van der Waals surface area contributed by atoms with E-state index in [0.29, 0.717) is 12.6 Å². The van der Waals surface area contributed by atoms with Gasteiger partial charge in [-0.25, -0.2) is 4.79 Å². The molecule has 0 amide bonds. The number of hydrogen-bond donors (Lipinski definition) is 1. The molecule has 5 heteroatoms. The zero-order valence-electron chi connectivity index (χ0n) is 15.7. The van der Waals surface area contributed by atoms with Crippen molar-refractivity contribution in [2.75, 3.05) is 7.11 Å². The van der Waals surface area contributed by atoms with Gasteiger partial charge in [-0.3, -0.25) is 4.57 Å². The molecule has 0 radical (unpaired) electrons. The van der Waals surface area contributed by atoms with Crippen LogP contribution in [-0.2, 0) is 6.54 Å². The second-order valence-electron chi connectivity index (χ2n) is 6.71. The number of imidazole rings is 1. The number of carboxylic acids is 1. The van der Waals surface area contributed by atoms with Crippen molar-refractivity contribution < 1.29 is 14.6 Å². The average Bonchev–Trinajstić information content (AvgIpc) is 3.07. The maximum Gasteiger partial charge on any atom is 0.335 e. The number of rotatable bonds is 5. The number of hydrogen-bond acceptors (Lipinski definition) is 3. The molecule has 28 heavy (non-hydrogen) atoms. The highest BCUT2D eigenvalue weighted by Gasteiger charge is 2.16. The third kappa shape index (κ3) is 3.22. The lowest BCUT2D eigenvalue weighted by Crippen LogP contribution is -2.04. The van der Waals surface area contributed by atoms with Crippen LogP contribution in [0.2, 0.25) is 0 Å². The van der Waals surface area contributed by atoms with E-state index < -0.39 is 5.97 Å². The molecular formula is C23H20N2O3. The quantitative estimate of drug-likeness (QED) is 0.548. The predicted octanol–water partition coefficient (Wildman–Crippen LogP) is 4.77. The topological polar surface area (TPSA) is 64.3 Å². The van der Waals surface area contributed by atoms with Gasteiger partial charge in [0.05, 0.1) is 30.3 Å². The fourth-order valence-corrected chi connectivity index (χ4v) is 3.42. The summed E-state index contributed by atoms with van der Waals surface area (Å²) in [6.45, 7) is 2.40. The maximum atomic E-state index is 11.5. The number of methoxy groups -OCH3 is 1. The fraction of sp³-hybridized carbons (Fsp3) is 0.130. The van der Waals surface area contributed by atoms with E-state index in [0.717, 1.165) is 27.7 Å². The van der Waals surface area contributed by atoms with E-state index in [9.17, 15) is 9.90 Å². The number of aromatic carboxylic acids is 1. The first kappa shape index (κ1) is 17.8. The van der Waals surface area contributed by atoms with Crippen LogP contribution in [0.25, 0.3) is 22.2 Å². The van der Waals surface area contributed by atoms with Gasteiger partial charge in [-0.2, -0.15) is 4.98 Å². The van der Waals surface area contributed by atoms with Crippen LogP contribution in [0.15, 0.2) is 66.7 Å². The molecule has 4 rings (SSSR count). The van der Waals surface area contributed by atoms with Crippen molar-refractivity contribution >= 4 is 17.0 Å². The number of carboxylic acid groups (broad SMARTS) is 1. The summed E-state index contributed by atoms with van der Waals surface area (Å²) in [6, 6.07) is 22.3. The maximum absolute atomic E-state index is 11.5. The normalized spacial score (nSPS) is 10.9. The first-order chi connectivity index (χ1) is 13.6. The molecule has 0 bridgehead atoms. The van der Waals surface area contributed by atoms with Crippen molar-refractivity contribution in [1.82, 2.24) is 9.55 Å². The molecule has 0 aliphatic heterocycles. The number of aromatic nitrogens is 2. The molecule has 5 nitrogen and oxygen atoms in total. The summed E-state index contributed by atoms with van der Waals surface area (Å²) in [4.78, 5) is 16.0. The Balaban J connectivity index is 1.73. The van der Waals surface area contributed by atoms with Gasteiger partial charge < -0.3 is 9.84 Å². The van der Waals surface area contributed by atoms with E-state index in [-0.39, 0.29) is 5.56 Å². The van der Waals surface area contributed by atoms with Crippen molar-refractivity contribution in [2.24, 2.45) is 0 Å². The highest BCUT2D eigenvalue weighted by Crippen LogP contribution is 2.27. The van der Waals surface area contributed by atoms with Gasteiger partial charge in [-0.1, -0.05) is 54.6 Å². The number of nitrogens with zero attached hydrogens (tertiary/aromatic N) is 2. The molecule has 0 atom stereocenters. The van der Waals surface area contributed by atoms with Crippen molar-refractivity contribution in [2.45, 2.75) is 13.5 Å². The van der Waals surface area contributed by atoms with Gasteiger partial charge in [-0.05, 0) is 41.3 Å². The van der Waals surface area contributed by atoms with Gasteiger partial charge in [0, 0.05) is 0 Å². The number of ether oxygens (including phenoxy) is 1. The molecule has 1 N–H and O–H groups in total. The summed E-state index contributed by atoms with van der Waals surface area (Å²) in [5.74, 6) is -0.955. The Kier molecular flexibility index (Phi) is 4.57. The lowest BCUT2D eigenvalue weighted by Gasteiger charge is -2.10. The highest BCUT2D eigenvalue weighted by molar-refractivity contribution is 5.94. The summed E-state index contributed by atoms with van der Waals surface area (Å²) < 4.78 is 7.36. The largest absolute Gasteiger partial charge is 0.478 e. The zero-order valence-corrected chi connectivity index (χ0v) is 15.7. The molecule has 0 fully saturated rings. The Bertz CT molecular complexity index is 1150. The van der Waals surface area contributed by atoms with E-state index in [1.807, 2.05) is 29.7 Å². The van der Waals surface area contributed by atoms with Crippen LogP contribution < -0.4 is 4.74 Å². The highest BCUT2D eigenvalue weighted by atomic mass is 16.5. The zero-order chi connectivity index (χ0) is 19.7. The van der Waals surface area contributed by atoms with Crippen LogP contribution in [0.1, 0.15) is 21.5 Å². The minimum absolute atomic E-state index is 0.244. The average molecular weight is 372 g/mol. The number of benzene rings is 3. The molecular weight excluding hydrogens is 352 g/mol. The number of aryl methyl sites for hydroxylation is 1. The van der Waals surface area contributed by atoms with Gasteiger partial charge >= 0.3 is 5.97 Å². The first-order valence-corrected chi connectivity index (χ1v) is 8.99. The van der Waals surface area contributed by atoms with Crippen LogP contribution >= 0.6 is 0 Å². The molecule has 0 saturated carbocycles. The molecule has 4 aromatic rings. The minimum atomic E-state index is -0.955. The van der Waals surface area contributed by atoms with Gasteiger partial charge in [0.1, 0.15) is 0 Å². The second-order valence-corrected chi connectivity index (χ2v) is 6.71. The number of carbonyl (C=O) groups is 1.